The first-order valence-corrected chi connectivity index (χ1v) is 5.46. The van der Waals surface area contributed by atoms with E-state index < -0.39 is 6.04 Å². The monoisotopic (exact) mass is 271 g/mol. The Morgan fingerprint density at radius 2 is 2.06 bits per heavy atom. The van der Waals surface area contributed by atoms with Crippen molar-refractivity contribution < 1.29 is 32.4 Å². The van der Waals surface area contributed by atoms with E-state index in [0.717, 1.165) is 5.56 Å². The average molecular weight is 272 g/mol. The summed E-state index contributed by atoms with van der Waals surface area (Å²) in [6, 6.07) is 9.26. The summed E-state index contributed by atoms with van der Waals surface area (Å²) in [6.45, 7) is 4.41. The van der Waals surface area contributed by atoms with E-state index in [1.165, 1.54) is 6.08 Å². The van der Waals surface area contributed by atoms with Crippen LogP contribution >= 0.6 is 0 Å². The van der Waals surface area contributed by atoms with Gasteiger partial charge in [-0.3, -0.25) is 0 Å². The van der Waals surface area contributed by atoms with Crippen LogP contribution in [0.25, 0.3) is 0 Å². The minimum atomic E-state index is -0.501. The summed E-state index contributed by atoms with van der Waals surface area (Å²) in [5.41, 5.74) is 4.76. The maximum absolute atomic E-state index is 11.3. The van der Waals surface area contributed by atoms with Gasteiger partial charge in [0.15, 0.2) is 0 Å². The second-order valence-corrected chi connectivity index (χ2v) is 3.62. The van der Waals surface area contributed by atoms with E-state index in [4.69, 9.17) is 9.47 Å². The zero-order chi connectivity index (χ0) is 12.5. The Morgan fingerprint density at radius 1 is 1.39 bits per heavy atom. The number of hydrogen-bond donors (Lipinski definition) is 1. The molecule has 0 saturated carbocycles. The molecular formula is C13H18ClNO3. The highest BCUT2D eigenvalue weighted by atomic mass is 35.5. The molecule has 0 heterocycles. The van der Waals surface area contributed by atoms with Gasteiger partial charge in [-0.2, -0.15) is 0 Å². The van der Waals surface area contributed by atoms with Gasteiger partial charge in [0.1, 0.15) is 13.2 Å². The fourth-order valence-corrected chi connectivity index (χ4v) is 1.22. The fourth-order valence-electron chi connectivity index (χ4n) is 1.22. The molecule has 0 aliphatic carbocycles. The lowest BCUT2D eigenvalue weighted by molar-refractivity contribution is -0.415. The third-order valence-electron chi connectivity index (χ3n) is 2.11. The Labute approximate surface area is 113 Å². The van der Waals surface area contributed by atoms with Gasteiger partial charge in [-0.25, -0.2) is 4.79 Å². The normalized spacial score (nSPS) is 11.2. The van der Waals surface area contributed by atoms with Gasteiger partial charge in [-0.15, -0.1) is 0 Å². The molecular weight excluding hydrogens is 254 g/mol. The number of benzene rings is 1. The molecule has 0 aliphatic heterocycles. The van der Waals surface area contributed by atoms with Crippen LogP contribution in [0.5, 0.6) is 0 Å². The predicted octanol–water partition coefficient (Wildman–Crippen LogP) is -2.45. The van der Waals surface area contributed by atoms with E-state index >= 15 is 0 Å². The molecule has 1 aromatic rings. The summed E-state index contributed by atoms with van der Waals surface area (Å²) in [5, 5.41) is 0. The van der Waals surface area contributed by atoms with Gasteiger partial charge in [-0.1, -0.05) is 43.0 Å². The molecule has 3 N–H and O–H groups in total. The molecule has 1 atom stereocenters. The van der Waals surface area contributed by atoms with Gasteiger partial charge < -0.3 is 27.6 Å². The molecule has 0 amide bonds. The lowest BCUT2D eigenvalue weighted by Crippen LogP contribution is -3.00. The van der Waals surface area contributed by atoms with Gasteiger partial charge in [0.25, 0.3) is 0 Å². The van der Waals surface area contributed by atoms with E-state index in [0.29, 0.717) is 6.61 Å². The summed E-state index contributed by atoms with van der Waals surface area (Å²) >= 11 is 0. The van der Waals surface area contributed by atoms with Crippen LogP contribution < -0.4 is 18.1 Å². The topological polar surface area (TPSA) is 63.2 Å². The Morgan fingerprint density at radius 3 is 2.67 bits per heavy atom. The van der Waals surface area contributed by atoms with Crippen molar-refractivity contribution in [3.8, 4) is 0 Å². The standard InChI is InChI=1S/C13H17NO3.ClH/c1-2-8-17-13(15)12(14)10-16-9-11-6-4-3-5-7-11;/h2-7,12H,1,8-10,14H2;1H/t12-;/m0./s1. The Kier molecular flexibility index (Phi) is 8.92. The van der Waals surface area contributed by atoms with Crippen LogP contribution in [0.2, 0.25) is 0 Å². The molecule has 0 aromatic heterocycles. The number of esters is 1. The first-order valence-electron chi connectivity index (χ1n) is 5.46. The van der Waals surface area contributed by atoms with Crippen molar-refractivity contribution in [3.05, 3.63) is 48.6 Å². The predicted molar refractivity (Wildman–Crippen MR) is 63.9 cm³/mol. The molecule has 1 aromatic carbocycles. The number of hydrogen-bond acceptors (Lipinski definition) is 3. The van der Waals surface area contributed by atoms with Crippen molar-refractivity contribution in [2.45, 2.75) is 12.6 Å². The lowest BCUT2D eigenvalue weighted by atomic mass is 10.2. The molecule has 5 heteroatoms. The number of quaternary nitrogens is 1. The van der Waals surface area contributed by atoms with Crippen LogP contribution in [0.3, 0.4) is 0 Å². The second-order valence-electron chi connectivity index (χ2n) is 3.62. The molecule has 100 valence electrons. The molecule has 0 fully saturated rings. The third-order valence-corrected chi connectivity index (χ3v) is 2.11. The van der Waals surface area contributed by atoms with Crippen molar-refractivity contribution in [3.63, 3.8) is 0 Å². The van der Waals surface area contributed by atoms with Gasteiger partial charge in [0, 0.05) is 0 Å². The molecule has 0 radical (unpaired) electrons. The van der Waals surface area contributed by atoms with Crippen LogP contribution in [0, 0.1) is 0 Å². The number of ether oxygens (including phenoxy) is 2. The van der Waals surface area contributed by atoms with E-state index in [1.54, 1.807) is 0 Å². The molecule has 1 rings (SSSR count). The first-order chi connectivity index (χ1) is 8.24. The molecule has 18 heavy (non-hydrogen) atoms. The van der Waals surface area contributed by atoms with Crippen LogP contribution in [-0.4, -0.2) is 25.2 Å². The minimum absolute atomic E-state index is 0. The summed E-state index contributed by atoms with van der Waals surface area (Å²) in [6.07, 6.45) is 1.52. The van der Waals surface area contributed by atoms with Gasteiger partial charge >= 0.3 is 5.97 Å². The number of carbonyl (C=O) groups is 1. The van der Waals surface area contributed by atoms with Gasteiger partial charge in [0.05, 0.1) is 6.61 Å². The molecule has 0 aliphatic rings. The maximum atomic E-state index is 11.3. The summed E-state index contributed by atoms with van der Waals surface area (Å²) in [5.74, 6) is -0.363. The summed E-state index contributed by atoms with van der Waals surface area (Å²) < 4.78 is 10.2. The molecule has 0 saturated heterocycles. The Hall–Kier alpha value is -1.36. The van der Waals surface area contributed by atoms with Crippen molar-refractivity contribution in [1.82, 2.24) is 0 Å². The maximum Gasteiger partial charge on any atom is 0.367 e. The highest BCUT2D eigenvalue weighted by molar-refractivity contribution is 5.74. The van der Waals surface area contributed by atoms with Crippen LogP contribution in [0.4, 0.5) is 0 Å². The van der Waals surface area contributed by atoms with Gasteiger partial charge in [-0.05, 0) is 5.56 Å². The van der Waals surface area contributed by atoms with Crippen molar-refractivity contribution in [2.75, 3.05) is 13.2 Å². The molecule has 4 nitrogen and oxygen atoms in total. The zero-order valence-corrected chi connectivity index (χ0v) is 10.9. The quantitative estimate of drug-likeness (QED) is 0.442. The zero-order valence-electron chi connectivity index (χ0n) is 10.2. The molecule has 0 spiro atoms. The highest BCUT2D eigenvalue weighted by Gasteiger charge is 2.18. The molecule has 0 bridgehead atoms. The van der Waals surface area contributed by atoms with Crippen LogP contribution in [-0.2, 0) is 20.9 Å². The van der Waals surface area contributed by atoms with E-state index in [-0.39, 0.29) is 31.6 Å². The van der Waals surface area contributed by atoms with Crippen LogP contribution in [0.1, 0.15) is 5.56 Å². The molecule has 0 unspecified atom stereocenters. The Balaban J connectivity index is 0.00000289. The smallest absolute Gasteiger partial charge is 0.367 e. The van der Waals surface area contributed by atoms with Crippen LogP contribution in [0.15, 0.2) is 43.0 Å². The highest BCUT2D eigenvalue weighted by Crippen LogP contribution is 2.00. The largest absolute Gasteiger partial charge is 1.00 e. The van der Waals surface area contributed by atoms with E-state index in [1.807, 2.05) is 30.3 Å². The summed E-state index contributed by atoms with van der Waals surface area (Å²) in [4.78, 5) is 11.3. The van der Waals surface area contributed by atoms with E-state index in [9.17, 15) is 4.79 Å². The number of halogens is 1. The third kappa shape index (κ3) is 6.39. The number of carbonyl (C=O) groups excluding carboxylic acids is 1. The lowest BCUT2D eigenvalue weighted by Gasteiger charge is -2.08. The minimum Gasteiger partial charge on any atom is -1.00 e. The summed E-state index contributed by atoms with van der Waals surface area (Å²) in [7, 11) is 0. The SMILES string of the molecule is C=CCOC(=O)[C@@H]([NH3+])COCc1ccccc1.[Cl-]. The Bertz CT molecular complexity index is 357. The van der Waals surface area contributed by atoms with Crippen molar-refractivity contribution >= 4 is 5.97 Å². The van der Waals surface area contributed by atoms with E-state index in [2.05, 4.69) is 12.3 Å². The van der Waals surface area contributed by atoms with Crippen molar-refractivity contribution in [1.29, 1.82) is 0 Å². The first kappa shape index (κ1) is 16.6. The van der Waals surface area contributed by atoms with Gasteiger partial charge in [0.2, 0.25) is 6.04 Å². The fraction of sp³-hybridized carbons (Fsp3) is 0.308. The number of rotatable bonds is 7. The van der Waals surface area contributed by atoms with Crippen molar-refractivity contribution in [2.24, 2.45) is 0 Å². The average Bonchev–Trinajstić information content (AvgIpc) is 2.37. The second kappa shape index (κ2) is 9.65.